The van der Waals surface area contributed by atoms with Gasteiger partial charge >= 0.3 is 0 Å². The molecule has 0 aliphatic carbocycles. The zero-order valence-corrected chi connectivity index (χ0v) is 17.3. The Morgan fingerprint density at radius 1 is 1.21 bits per heavy atom. The Morgan fingerprint density at radius 2 is 1.96 bits per heavy atom. The zero-order valence-electron chi connectivity index (χ0n) is 15.7. The molecule has 1 aromatic carbocycles. The van der Waals surface area contributed by atoms with Crippen LogP contribution in [0.1, 0.15) is 34.1 Å². The number of aryl methyl sites for hydroxylation is 2. The maximum Gasteiger partial charge on any atom is 0.276 e. The summed E-state index contributed by atoms with van der Waals surface area (Å²) in [5.74, 6) is -0.0844. The molecule has 1 saturated heterocycles. The van der Waals surface area contributed by atoms with E-state index in [0.717, 1.165) is 27.4 Å². The van der Waals surface area contributed by atoms with Crippen molar-refractivity contribution in [3.63, 3.8) is 0 Å². The molecule has 1 amide bonds. The lowest BCUT2D eigenvalue weighted by Crippen LogP contribution is -2.16. The largest absolute Gasteiger partial charge is 0.321 e. The highest BCUT2D eigenvalue weighted by atomic mass is 32.2. The summed E-state index contributed by atoms with van der Waals surface area (Å²) in [5, 5.41) is 9.36. The number of anilines is 1. The van der Waals surface area contributed by atoms with Gasteiger partial charge in [-0.25, -0.2) is 8.42 Å². The van der Waals surface area contributed by atoms with Crippen LogP contribution >= 0.6 is 11.3 Å². The van der Waals surface area contributed by atoms with E-state index in [1.807, 2.05) is 49.6 Å². The van der Waals surface area contributed by atoms with Crippen LogP contribution in [-0.2, 0) is 9.84 Å². The molecule has 0 saturated carbocycles. The maximum absolute atomic E-state index is 12.8. The van der Waals surface area contributed by atoms with E-state index in [1.165, 1.54) is 11.3 Å². The highest BCUT2D eigenvalue weighted by molar-refractivity contribution is 7.91. The molecule has 2 aromatic heterocycles. The van der Waals surface area contributed by atoms with Gasteiger partial charge in [-0.3, -0.25) is 9.48 Å². The molecule has 0 bridgehead atoms. The molecule has 4 rings (SSSR count). The number of hydrogen-bond donors (Lipinski definition) is 1. The van der Waals surface area contributed by atoms with Crippen molar-refractivity contribution in [2.24, 2.45) is 0 Å². The minimum atomic E-state index is -3.06. The highest BCUT2D eigenvalue weighted by Gasteiger charge is 2.32. The minimum Gasteiger partial charge on any atom is -0.321 e. The molecule has 8 heteroatoms. The van der Waals surface area contributed by atoms with E-state index in [2.05, 4.69) is 10.4 Å². The minimum absolute atomic E-state index is 0.0607. The number of rotatable bonds is 4. The molecule has 1 fully saturated rings. The van der Waals surface area contributed by atoms with Gasteiger partial charge in [-0.15, -0.1) is 11.3 Å². The van der Waals surface area contributed by atoms with Crippen molar-refractivity contribution < 1.29 is 13.2 Å². The summed E-state index contributed by atoms with van der Waals surface area (Å²) >= 11 is 1.54. The maximum atomic E-state index is 12.8. The van der Waals surface area contributed by atoms with Gasteiger partial charge < -0.3 is 5.32 Å². The first-order valence-corrected chi connectivity index (χ1v) is 11.7. The molecule has 28 heavy (non-hydrogen) atoms. The molecule has 0 spiro atoms. The Bertz CT molecular complexity index is 1110. The fraction of sp³-hybridized carbons (Fsp3) is 0.300. The number of nitrogens with zero attached hydrogens (tertiary/aromatic N) is 2. The molecule has 0 radical (unpaired) electrons. The summed E-state index contributed by atoms with van der Waals surface area (Å²) in [6.07, 6.45) is 0.514. The second-order valence-corrected chi connectivity index (χ2v) is 10.4. The lowest BCUT2D eigenvalue weighted by Gasteiger charge is -2.12. The third-order valence-electron chi connectivity index (χ3n) is 4.78. The number of nitrogens with one attached hydrogen (secondary N) is 1. The van der Waals surface area contributed by atoms with Crippen molar-refractivity contribution in [3.8, 4) is 10.6 Å². The molecule has 1 aliphatic heterocycles. The lowest BCUT2D eigenvalue weighted by molar-refractivity contribution is 0.102. The third kappa shape index (κ3) is 3.88. The number of carbonyl (C=O) groups excluding carboxylic acids is 1. The Hall–Kier alpha value is -2.45. The van der Waals surface area contributed by atoms with Crippen LogP contribution in [-0.4, -0.2) is 35.6 Å². The molecule has 1 aliphatic rings. The van der Waals surface area contributed by atoms with Crippen molar-refractivity contribution >= 4 is 32.8 Å². The van der Waals surface area contributed by atoms with Crippen molar-refractivity contribution in [2.75, 3.05) is 16.8 Å². The summed E-state index contributed by atoms with van der Waals surface area (Å²) in [7, 11) is -3.06. The average molecular weight is 416 g/mol. The Labute approximate surface area is 168 Å². The van der Waals surface area contributed by atoms with E-state index in [9.17, 15) is 13.2 Å². The summed E-state index contributed by atoms with van der Waals surface area (Å²) in [4.78, 5) is 13.8. The van der Waals surface area contributed by atoms with Crippen LogP contribution in [0.4, 0.5) is 5.69 Å². The van der Waals surface area contributed by atoms with Crippen LogP contribution in [0.5, 0.6) is 0 Å². The monoisotopic (exact) mass is 415 g/mol. The van der Waals surface area contributed by atoms with Crippen molar-refractivity contribution in [1.82, 2.24) is 9.78 Å². The standard InChI is InChI=1S/C20H21N3O3S2/c1-13-8-14(2)10-15(9-13)21-20(24)17-11-18(19-4-3-6-27-19)23(22-17)16-5-7-28(25,26)12-16/h3-4,6,8-11,16H,5,7,12H2,1-2H3,(H,21,24). The number of carbonyl (C=O) groups is 1. The summed E-state index contributed by atoms with van der Waals surface area (Å²) < 4.78 is 25.6. The van der Waals surface area contributed by atoms with Gasteiger partial charge in [0.05, 0.1) is 28.1 Å². The molecular formula is C20H21N3O3S2. The average Bonchev–Trinajstić information content (AvgIpc) is 3.31. The van der Waals surface area contributed by atoms with Crippen LogP contribution in [0, 0.1) is 13.8 Å². The van der Waals surface area contributed by atoms with E-state index in [0.29, 0.717) is 6.42 Å². The van der Waals surface area contributed by atoms with Gasteiger partial charge in [0.1, 0.15) is 0 Å². The van der Waals surface area contributed by atoms with E-state index in [-0.39, 0.29) is 29.1 Å². The number of sulfone groups is 1. The Kier molecular flexibility index (Phi) is 4.84. The Morgan fingerprint density at radius 3 is 2.57 bits per heavy atom. The predicted octanol–water partition coefficient (Wildman–Crippen LogP) is 3.84. The second kappa shape index (κ2) is 7.18. The van der Waals surface area contributed by atoms with Crippen LogP contribution in [0.2, 0.25) is 0 Å². The molecule has 146 valence electrons. The zero-order chi connectivity index (χ0) is 19.9. The molecule has 1 atom stereocenters. The number of hydrogen-bond acceptors (Lipinski definition) is 5. The smallest absolute Gasteiger partial charge is 0.276 e. The van der Waals surface area contributed by atoms with Crippen molar-refractivity contribution in [1.29, 1.82) is 0 Å². The molecule has 6 nitrogen and oxygen atoms in total. The van der Waals surface area contributed by atoms with Gasteiger partial charge in [0.25, 0.3) is 5.91 Å². The molecule has 1 unspecified atom stereocenters. The number of amides is 1. The fourth-order valence-corrected chi connectivity index (χ4v) is 6.03. The van der Waals surface area contributed by atoms with Crippen LogP contribution < -0.4 is 5.32 Å². The van der Waals surface area contributed by atoms with Gasteiger partial charge in [0.2, 0.25) is 0 Å². The van der Waals surface area contributed by atoms with Gasteiger partial charge in [0.15, 0.2) is 15.5 Å². The number of aromatic nitrogens is 2. The van der Waals surface area contributed by atoms with Gasteiger partial charge in [-0.1, -0.05) is 12.1 Å². The molecule has 3 heterocycles. The highest BCUT2D eigenvalue weighted by Crippen LogP contribution is 2.32. The van der Waals surface area contributed by atoms with Gasteiger partial charge in [0, 0.05) is 5.69 Å². The van der Waals surface area contributed by atoms with Crippen LogP contribution in [0.25, 0.3) is 10.6 Å². The number of benzene rings is 1. The number of thiophene rings is 1. The van der Waals surface area contributed by atoms with E-state index >= 15 is 0 Å². The second-order valence-electron chi connectivity index (χ2n) is 7.22. The first kappa shape index (κ1) is 18.9. The van der Waals surface area contributed by atoms with E-state index in [4.69, 9.17) is 0 Å². The first-order chi connectivity index (χ1) is 13.3. The quantitative estimate of drug-likeness (QED) is 0.702. The lowest BCUT2D eigenvalue weighted by atomic mass is 10.1. The first-order valence-electron chi connectivity index (χ1n) is 9.04. The SMILES string of the molecule is Cc1cc(C)cc(NC(=O)c2cc(-c3cccs3)n(C3CCS(=O)(=O)C3)n2)c1. The van der Waals surface area contributed by atoms with E-state index < -0.39 is 9.84 Å². The normalized spacial score (nSPS) is 18.3. The Balaban J connectivity index is 1.68. The van der Waals surface area contributed by atoms with Gasteiger partial charge in [-0.05, 0) is 61.0 Å². The molecule has 1 N–H and O–H groups in total. The topological polar surface area (TPSA) is 81.1 Å². The summed E-state index contributed by atoms with van der Waals surface area (Å²) in [5.41, 5.74) is 3.92. The van der Waals surface area contributed by atoms with E-state index in [1.54, 1.807) is 10.7 Å². The van der Waals surface area contributed by atoms with Crippen LogP contribution in [0.3, 0.4) is 0 Å². The third-order valence-corrected chi connectivity index (χ3v) is 7.42. The summed E-state index contributed by atoms with van der Waals surface area (Å²) in [6.45, 7) is 3.96. The predicted molar refractivity (Wildman–Crippen MR) is 112 cm³/mol. The van der Waals surface area contributed by atoms with Crippen molar-refractivity contribution in [3.05, 3.63) is 58.6 Å². The van der Waals surface area contributed by atoms with Gasteiger partial charge in [-0.2, -0.15) is 5.10 Å². The fourth-order valence-electron chi connectivity index (χ4n) is 3.60. The molecule has 3 aromatic rings. The van der Waals surface area contributed by atoms with Crippen LogP contribution in [0.15, 0.2) is 41.8 Å². The molecular weight excluding hydrogens is 394 g/mol. The van der Waals surface area contributed by atoms with Crippen molar-refractivity contribution in [2.45, 2.75) is 26.3 Å². The summed E-state index contributed by atoms with van der Waals surface area (Å²) in [6, 6.07) is 11.2.